The van der Waals surface area contributed by atoms with E-state index in [2.05, 4.69) is 10.6 Å². The van der Waals surface area contributed by atoms with E-state index in [-0.39, 0.29) is 30.1 Å². The van der Waals surface area contributed by atoms with Crippen molar-refractivity contribution in [3.05, 3.63) is 0 Å². The third kappa shape index (κ3) is 12.0. The molecular weight excluding hydrogens is 348 g/mol. The number of nitrogens with one attached hydrogen (secondary N) is 2. The Morgan fingerprint density at radius 2 is 1.63 bits per heavy atom. The molecule has 0 radical (unpaired) electrons. The van der Waals surface area contributed by atoms with E-state index in [1.54, 1.807) is 0 Å². The van der Waals surface area contributed by atoms with E-state index < -0.39 is 5.60 Å². The Morgan fingerprint density at radius 3 is 2.37 bits per heavy atom. The summed E-state index contributed by atoms with van der Waals surface area (Å²) in [5, 5.41) is 5.88. The van der Waals surface area contributed by atoms with Gasteiger partial charge in [-0.25, -0.2) is 0 Å². The summed E-state index contributed by atoms with van der Waals surface area (Å²) in [5.41, 5.74) is -0.873. The third-order valence-electron chi connectivity index (χ3n) is 4.53. The number of ether oxygens (including phenoxy) is 3. The summed E-state index contributed by atoms with van der Waals surface area (Å²) < 4.78 is 17.2. The molecule has 0 aromatic carbocycles. The van der Waals surface area contributed by atoms with Crippen LogP contribution in [0.4, 0.5) is 0 Å². The Hall–Kier alpha value is -1.18. The normalized spacial score (nSPS) is 27.2. The van der Waals surface area contributed by atoms with Crippen molar-refractivity contribution in [2.75, 3.05) is 33.0 Å². The maximum absolute atomic E-state index is 12.1. The van der Waals surface area contributed by atoms with Gasteiger partial charge in [-0.15, -0.1) is 0 Å². The molecule has 0 aromatic rings. The van der Waals surface area contributed by atoms with Gasteiger partial charge in [-0.05, 0) is 60.3 Å². The van der Waals surface area contributed by atoms with Gasteiger partial charge in [0.15, 0.2) is 0 Å². The average molecular weight is 387 g/mol. The van der Waals surface area contributed by atoms with Crippen molar-refractivity contribution < 1.29 is 23.8 Å². The predicted molar refractivity (Wildman–Crippen MR) is 105 cm³/mol. The molecule has 0 aromatic heterocycles. The summed E-state index contributed by atoms with van der Waals surface area (Å²) >= 11 is 0. The summed E-state index contributed by atoms with van der Waals surface area (Å²) in [6.45, 7) is 11.8. The van der Waals surface area contributed by atoms with Crippen molar-refractivity contribution in [1.82, 2.24) is 10.6 Å². The summed E-state index contributed by atoms with van der Waals surface area (Å²) in [6.07, 6.45) is 3.72. The van der Waals surface area contributed by atoms with Crippen molar-refractivity contribution in [3.63, 3.8) is 0 Å². The van der Waals surface area contributed by atoms with Crippen LogP contribution in [0.2, 0.25) is 0 Å². The maximum atomic E-state index is 12.1. The molecule has 2 N–H and O–H groups in total. The second kappa shape index (κ2) is 11.6. The van der Waals surface area contributed by atoms with Crippen LogP contribution in [-0.2, 0) is 23.8 Å². The molecule has 2 amide bonds. The largest absolute Gasteiger partial charge is 0.375 e. The Bertz CT molecular complexity index is 465. The predicted octanol–water partition coefficient (Wildman–Crippen LogP) is 2.18. The lowest BCUT2D eigenvalue weighted by Gasteiger charge is -2.29. The van der Waals surface area contributed by atoms with Crippen LogP contribution in [0.3, 0.4) is 0 Å². The molecule has 1 aliphatic rings. The second-order valence-corrected chi connectivity index (χ2v) is 8.51. The highest BCUT2D eigenvalue weighted by molar-refractivity contribution is 5.77. The zero-order valence-electron chi connectivity index (χ0n) is 17.7. The zero-order chi connectivity index (χ0) is 20.3. The lowest BCUT2D eigenvalue weighted by molar-refractivity contribution is -0.129. The van der Waals surface area contributed by atoms with Crippen molar-refractivity contribution >= 4 is 11.8 Å². The minimum atomic E-state index is -0.511. The van der Waals surface area contributed by atoms with Crippen LogP contribution in [0.5, 0.6) is 0 Å². The summed E-state index contributed by atoms with van der Waals surface area (Å²) in [4.78, 5) is 24.0. The molecule has 7 heteroatoms. The van der Waals surface area contributed by atoms with E-state index in [4.69, 9.17) is 14.2 Å². The minimum Gasteiger partial charge on any atom is -0.375 e. The molecule has 27 heavy (non-hydrogen) atoms. The van der Waals surface area contributed by atoms with Crippen molar-refractivity contribution in [3.8, 4) is 0 Å². The first-order valence-electron chi connectivity index (χ1n) is 10.0. The van der Waals surface area contributed by atoms with Gasteiger partial charge in [-0.3, -0.25) is 9.59 Å². The van der Waals surface area contributed by atoms with Gasteiger partial charge in [0.25, 0.3) is 0 Å². The zero-order valence-corrected chi connectivity index (χ0v) is 17.7. The molecule has 1 saturated heterocycles. The lowest BCUT2D eigenvalue weighted by atomic mass is 10.0. The van der Waals surface area contributed by atoms with Crippen LogP contribution in [-0.4, -0.2) is 62.0 Å². The van der Waals surface area contributed by atoms with Crippen molar-refractivity contribution in [2.45, 2.75) is 84.0 Å². The van der Waals surface area contributed by atoms with Gasteiger partial charge in [0.1, 0.15) is 6.61 Å². The Labute approximate surface area is 163 Å². The second-order valence-electron chi connectivity index (χ2n) is 8.51. The van der Waals surface area contributed by atoms with E-state index in [1.165, 1.54) is 0 Å². The van der Waals surface area contributed by atoms with Gasteiger partial charge in [0.05, 0.1) is 37.4 Å². The highest BCUT2D eigenvalue weighted by Gasteiger charge is 2.25. The molecule has 1 aliphatic heterocycles. The van der Waals surface area contributed by atoms with E-state index in [9.17, 15) is 9.59 Å². The molecule has 1 unspecified atom stereocenters. The monoisotopic (exact) mass is 386 g/mol. The van der Waals surface area contributed by atoms with Crippen LogP contribution in [0.1, 0.15) is 66.7 Å². The number of carbonyl (C=O) groups excluding carboxylic acids is 2. The fourth-order valence-electron chi connectivity index (χ4n) is 2.88. The first-order chi connectivity index (χ1) is 12.6. The molecule has 1 atom stereocenters. The van der Waals surface area contributed by atoms with E-state index >= 15 is 0 Å². The highest BCUT2D eigenvalue weighted by atomic mass is 16.5. The molecule has 0 bridgehead atoms. The number of hydrogen-bond acceptors (Lipinski definition) is 5. The molecule has 158 valence electrons. The Balaban J connectivity index is 2.56. The summed E-state index contributed by atoms with van der Waals surface area (Å²) in [7, 11) is 0. The van der Waals surface area contributed by atoms with E-state index in [0.717, 1.165) is 19.3 Å². The molecule has 0 aliphatic carbocycles. The fourth-order valence-corrected chi connectivity index (χ4v) is 2.88. The van der Waals surface area contributed by atoms with Gasteiger partial charge in [-0.1, -0.05) is 0 Å². The molecule has 1 rings (SSSR count). The molecule has 1 heterocycles. The lowest BCUT2D eigenvalue weighted by Crippen LogP contribution is -2.37. The van der Waals surface area contributed by atoms with Crippen molar-refractivity contribution in [2.24, 2.45) is 0 Å². The maximum Gasteiger partial charge on any atom is 0.246 e. The van der Waals surface area contributed by atoms with Crippen LogP contribution in [0.15, 0.2) is 0 Å². The Kier molecular flexibility index (Phi) is 10.3. The van der Waals surface area contributed by atoms with Gasteiger partial charge < -0.3 is 24.8 Å². The van der Waals surface area contributed by atoms with Crippen LogP contribution in [0.25, 0.3) is 0 Å². The Morgan fingerprint density at radius 1 is 0.926 bits per heavy atom. The summed E-state index contributed by atoms with van der Waals surface area (Å²) in [6, 6.07) is 0.0879. The van der Waals surface area contributed by atoms with Gasteiger partial charge >= 0.3 is 0 Å². The smallest absolute Gasteiger partial charge is 0.246 e. The first-order valence-corrected chi connectivity index (χ1v) is 10.0. The molecular formula is C20H38N2O5. The fraction of sp³-hybridized carbons (Fsp3) is 0.900. The molecule has 0 saturated carbocycles. The molecule has 7 nitrogen and oxygen atoms in total. The van der Waals surface area contributed by atoms with Crippen molar-refractivity contribution in [1.29, 1.82) is 0 Å². The van der Waals surface area contributed by atoms with Crippen LogP contribution in [0, 0.1) is 0 Å². The standard InChI is InChI=1S/C20H38N2O5/c1-16-8-6-7-10-21-17(23)14-20(4,5)26-11-9-19(2,3)27-13-12-25-15-18(24)22-16/h16H,6-15H2,1-5H3,(H,21,23)(H,22,24). The van der Waals surface area contributed by atoms with Crippen LogP contribution >= 0.6 is 0 Å². The van der Waals surface area contributed by atoms with Gasteiger partial charge in [0.2, 0.25) is 11.8 Å². The topological polar surface area (TPSA) is 85.9 Å². The van der Waals surface area contributed by atoms with Gasteiger partial charge in [-0.2, -0.15) is 0 Å². The third-order valence-corrected chi connectivity index (χ3v) is 4.53. The first kappa shape index (κ1) is 23.9. The number of hydrogen-bond donors (Lipinski definition) is 2. The number of carbonyl (C=O) groups is 2. The molecule has 1 fully saturated rings. The number of rotatable bonds is 0. The minimum absolute atomic E-state index is 0.00316. The summed E-state index contributed by atoms with van der Waals surface area (Å²) in [5.74, 6) is -0.108. The highest BCUT2D eigenvalue weighted by Crippen LogP contribution is 2.19. The SMILES string of the molecule is CC1CCCCNC(=O)CC(C)(C)OCCC(C)(C)OCCOCC(=O)N1. The quantitative estimate of drug-likeness (QED) is 0.666. The molecule has 0 spiro atoms. The van der Waals surface area contributed by atoms with E-state index in [1.807, 2.05) is 34.6 Å². The van der Waals surface area contributed by atoms with Gasteiger partial charge in [0, 0.05) is 12.6 Å². The van der Waals surface area contributed by atoms with Crippen LogP contribution < -0.4 is 10.6 Å². The average Bonchev–Trinajstić information content (AvgIpc) is 2.52. The number of amides is 2. The van der Waals surface area contributed by atoms with E-state index in [0.29, 0.717) is 39.2 Å².